The lowest BCUT2D eigenvalue weighted by atomic mass is 9.76. The van der Waals surface area contributed by atoms with E-state index in [1.807, 2.05) is 50.2 Å². The molecule has 7 rings (SSSR count). The van der Waals surface area contributed by atoms with Gasteiger partial charge in [-0.1, -0.05) is 51.1 Å². The third-order valence-electron chi connectivity index (χ3n) is 10.2. The molecule has 2 aliphatic carbocycles. The zero-order valence-corrected chi connectivity index (χ0v) is 30.4. The number of sulfonamides is 1. The van der Waals surface area contributed by atoms with E-state index in [1.54, 1.807) is 17.0 Å². The lowest BCUT2D eigenvalue weighted by Crippen LogP contribution is -2.46. The van der Waals surface area contributed by atoms with E-state index in [4.69, 9.17) is 9.72 Å². The molecule has 4 aromatic rings. The highest BCUT2D eigenvalue weighted by molar-refractivity contribution is 7.92. The monoisotopic (exact) mass is 695 g/mol. The summed E-state index contributed by atoms with van der Waals surface area (Å²) >= 11 is 0. The highest BCUT2D eigenvalue weighted by atomic mass is 32.2. The van der Waals surface area contributed by atoms with E-state index in [0.29, 0.717) is 23.6 Å². The standard InChI is InChI=1S/C38H45N7O4S/c1-24-10-7-11-25(2)34(24)30-18-32-42-36(41-30)43-50(47,48)33-15-9-13-29(40-33)35(46)45(28(23-49-32)19-37(3,4)5)22-26-12-8-14-31(39-26)44(6)27-20-38(21-27)16-17-38/h7-15,18,27-28H,16-17,19-23H2,1-6H3,(H,41,42,43)/t28-/m1/s1. The smallest absolute Gasteiger partial charge is 0.281 e. The summed E-state index contributed by atoms with van der Waals surface area (Å²) in [7, 11) is -2.18. The highest BCUT2D eigenvalue weighted by Gasteiger charge is 2.54. The van der Waals surface area contributed by atoms with Crippen LogP contribution in [0.15, 0.2) is 65.7 Å². The number of nitrogens with zero attached hydrogens (tertiary/aromatic N) is 6. The molecule has 1 spiro atoms. The first kappa shape index (κ1) is 33.9. The maximum Gasteiger partial charge on any atom is 0.281 e. The molecule has 1 amide bonds. The summed E-state index contributed by atoms with van der Waals surface area (Å²) < 4.78 is 36.3. The van der Waals surface area contributed by atoms with Gasteiger partial charge in [0.25, 0.3) is 15.9 Å². The lowest BCUT2D eigenvalue weighted by molar-refractivity contribution is 0.0503. The van der Waals surface area contributed by atoms with Gasteiger partial charge in [0.05, 0.1) is 24.0 Å². The minimum atomic E-state index is -4.27. The van der Waals surface area contributed by atoms with Crippen molar-refractivity contribution < 1.29 is 17.9 Å². The highest BCUT2D eigenvalue weighted by Crippen LogP contribution is 2.61. The first-order valence-electron chi connectivity index (χ1n) is 17.3. The van der Waals surface area contributed by atoms with Crippen LogP contribution in [0.1, 0.15) is 80.2 Å². The summed E-state index contributed by atoms with van der Waals surface area (Å²) in [5.41, 5.74) is 4.42. The van der Waals surface area contributed by atoms with E-state index in [1.165, 1.54) is 37.8 Å². The summed E-state index contributed by atoms with van der Waals surface area (Å²) in [6.45, 7) is 10.6. The number of pyridine rings is 2. The molecule has 2 fully saturated rings. The summed E-state index contributed by atoms with van der Waals surface area (Å²) in [6.07, 6.45) is 5.63. The summed E-state index contributed by atoms with van der Waals surface area (Å²) in [4.78, 5) is 37.0. The Morgan fingerprint density at radius 1 is 0.940 bits per heavy atom. The van der Waals surface area contributed by atoms with Crippen molar-refractivity contribution in [1.29, 1.82) is 0 Å². The van der Waals surface area contributed by atoms with Gasteiger partial charge < -0.3 is 14.5 Å². The molecular formula is C38H45N7O4S. The van der Waals surface area contributed by atoms with Crippen LogP contribution in [0.5, 0.6) is 5.88 Å². The zero-order valence-electron chi connectivity index (χ0n) is 29.6. The molecule has 1 N–H and O–H groups in total. The number of amides is 1. The SMILES string of the molecule is Cc1cccc(C)c1-c1cc2nc(n1)NS(=O)(=O)c1cccc(n1)C(=O)N(Cc1cccc(N(C)C3CC4(CC4)C3)n1)[C@H](CC(C)(C)C)CO2. The average Bonchev–Trinajstić information content (AvgIpc) is 3.85. The molecule has 50 heavy (non-hydrogen) atoms. The predicted octanol–water partition coefficient (Wildman–Crippen LogP) is 6.57. The van der Waals surface area contributed by atoms with Gasteiger partial charge in [0.1, 0.15) is 18.1 Å². The van der Waals surface area contributed by atoms with E-state index >= 15 is 0 Å². The number of aryl methyl sites for hydroxylation is 2. The molecular weight excluding hydrogens is 651 g/mol. The average molecular weight is 696 g/mol. The minimum Gasteiger partial charge on any atom is -0.475 e. The molecule has 4 heterocycles. The van der Waals surface area contributed by atoms with E-state index in [-0.39, 0.29) is 41.1 Å². The van der Waals surface area contributed by atoms with Crippen LogP contribution in [0.2, 0.25) is 0 Å². The number of hydrogen-bond donors (Lipinski definition) is 1. The third kappa shape index (κ3) is 7.03. The van der Waals surface area contributed by atoms with Gasteiger partial charge >= 0.3 is 0 Å². The van der Waals surface area contributed by atoms with Gasteiger partial charge in [0.15, 0.2) is 5.03 Å². The van der Waals surface area contributed by atoms with Crippen molar-refractivity contribution in [2.45, 2.75) is 90.4 Å². The molecule has 0 radical (unpaired) electrons. The Labute approximate surface area is 294 Å². The molecule has 3 aromatic heterocycles. The summed E-state index contributed by atoms with van der Waals surface area (Å²) in [5, 5.41) is -0.311. The Kier molecular flexibility index (Phi) is 8.56. The molecule has 262 valence electrons. The van der Waals surface area contributed by atoms with Crippen molar-refractivity contribution in [1.82, 2.24) is 24.8 Å². The van der Waals surface area contributed by atoms with Crippen LogP contribution < -0.4 is 14.4 Å². The van der Waals surface area contributed by atoms with Gasteiger partial charge in [-0.25, -0.2) is 19.7 Å². The van der Waals surface area contributed by atoms with E-state index in [0.717, 1.165) is 28.2 Å². The van der Waals surface area contributed by atoms with Crippen LogP contribution in [-0.2, 0) is 16.6 Å². The Morgan fingerprint density at radius 2 is 1.64 bits per heavy atom. The Balaban J connectivity index is 1.29. The molecule has 11 nitrogen and oxygen atoms in total. The number of fused-ring (bicyclic) bond motifs is 4. The Bertz CT molecular complexity index is 2030. The number of anilines is 2. The number of aromatic nitrogens is 4. The number of benzene rings is 1. The fourth-order valence-electron chi connectivity index (χ4n) is 7.32. The van der Waals surface area contributed by atoms with Crippen LogP contribution in [-0.4, -0.2) is 64.9 Å². The Morgan fingerprint density at radius 3 is 2.34 bits per heavy atom. The second-order valence-corrected chi connectivity index (χ2v) is 17.1. The molecule has 1 atom stereocenters. The van der Waals surface area contributed by atoms with Crippen LogP contribution >= 0.6 is 0 Å². The number of carbonyl (C=O) groups is 1. The van der Waals surface area contributed by atoms with Gasteiger partial charge in [-0.15, -0.1) is 0 Å². The maximum absolute atomic E-state index is 14.5. The fraction of sp³-hybridized carbons (Fsp3) is 0.447. The topological polar surface area (TPSA) is 131 Å². The molecule has 3 aliphatic rings. The van der Waals surface area contributed by atoms with Crippen molar-refractivity contribution in [3.05, 3.63) is 83.2 Å². The zero-order chi connectivity index (χ0) is 35.4. The summed E-state index contributed by atoms with van der Waals surface area (Å²) in [5.74, 6) is 0.501. The lowest BCUT2D eigenvalue weighted by Gasteiger charge is -2.42. The van der Waals surface area contributed by atoms with Gasteiger partial charge in [0, 0.05) is 24.7 Å². The molecule has 0 saturated heterocycles. The van der Waals surface area contributed by atoms with Crippen molar-refractivity contribution in [3.63, 3.8) is 0 Å². The van der Waals surface area contributed by atoms with Crippen LogP contribution in [0.4, 0.5) is 11.8 Å². The number of ether oxygens (including phenoxy) is 1. The number of carbonyl (C=O) groups excluding carboxylic acids is 1. The van der Waals surface area contributed by atoms with Crippen molar-refractivity contribution in [2.24, 2.45) is 10.8 Å². The van der Waals surface area contributed by atoms with Gasteiger partial charge in [-0.05, 0) is 92.2 Å². The quantitative estimate of drug-likeness (QED) is 0.238. The number of nitrogens with one attached hydrogen (secondary N) is 1. The predicted molar refractivity (Wildman–Crippen MR) is 193 cm³/mol. The largest absolute Gasteiger partial charge is 0.475 e. The van der Waals surface area contributed by atoms with E-state index in [9.17, 15) is 13.2 Å². The molecule has 1 aliphatic heterocycles. The minimum absolute atomic E-state index is 0.00681. The van der Waals surface area contributed by atoms with Crippen molar-refractivity contribution in [2.75, 3.05) is 23.3 Å². The number of hydrogen-bond acceptors (Lipinski definition) is 9. The van der Waals surface area contributed by atoms with Gasteiger partial charge in [-0.2, -0.15) is 13.4 Å². The maximum atomic E-state index is 14.5. The van der Waals surface area contributed by atoms with Gasteiger partial charge in [0.2, 0.25) is 11.8 Å². The van der Waals surface area contributed by atoms with Crippen LogP contribution in [0, 0.1) is 24.7 Å². The fourth-order valence-corrected chi connectivity index (χ4v) is 8.23. The van der Waals surface area contributed by atoms with Crippen molar-refractivity contribution >= 4 is 27.7 Å². The van der Waals surface area contributed by atoms with E-state index < -0.39 is 22.0 Å². The molecule has 2 saturated carbocycles. The summed E-state index contributed by atoms with van der Waals surface area (Å²) in [6, 6.07) is 18.0. The van der Waals surface area contributed by atoms with Crippen LogP contribution in [0.3, 0.4) is 0 Å². The number of rotatable bonds is 6. The second-order valence-electron chi connectivity index (χ2n) is 15.5. The van der Waals surface area contributed by atoms with Crippen LogP contribution in [0.25, 0.3) is 11.3 Å². The normalized spacial score (nSPS) is 19.7. The first-order valence-corrected chi connectivity index (χ1v) is 18.8. The second kappa shape index (κ2) is 12.6. The molecule has 0 unspecified atom stereocenters. The van der Waals surface area contributed by atoms with Crippen molar-refractivity contribution in [3.8, 4) is 17.1 Å². The van der Waals surface area contributed by atoms with Gasteiger partial charge in [-0.3, -0.25) is 4.79 Å². The molecule has 4 bridgehead atoms. The Hall–Kier alpha value is -4.58. The molecule has 1 aromatic carbocycles. The molecule has 12 heteroatoms. The first-order chi connectivity index (χ1) is 23.7. The third-order valence-corrected chi connectivity index (χ3v) is 11.4. The van der Waals surface area contributed by atoms with E-state index in [2.05, 4.69) is 52.4 Å².